The highest BCUT2D eigenvalue weighted by atomic mass is 32.1. The van der Waals surface area contributed by atoms with Gasteiger partial charge in [-0.3, -0.25) is 4.90 Å². The van der Waals surface area contributed by atoms with Gasteiger partial charge in [0.05, 0.1) is 6.54 Å². The molecule has 0 aliphatic carbocycles. The van der Waals surface area contributed by atoms with Gasteiger partial charge in [0.1, 0.15) is 12.4 Å². The highest BCUT2D eigenvalue weighted by Crippen LogP contribution is 2.18. The molecule has 3 aromatic heterocycles. The van der Waals surface area contributed by atoms with Crippen LogP contribution in [0.1, 0.15) is 16.5 Å². The lowest BCUT2D eigenvalue weighted by Gasteiger charge is -2.27. The molecule has 0 spiro atoms. The molecule has 4 heterocycles. The maximum atomic E-state index is 5.68. The molecule has 1 aliphatic heterocycles. The average molecular weight is 327 g/mol. The predicted molar refractivity (Wildman–Crippen MR) is 87.0 cm³/mol. The maximum absolute atomic E-state index is 5.68. The van der Waals surface area contributed by atoms with Crippen LogP contribution >= 0.6 is 11.3 Å². The van der Waals surface area contributed by atoms with Gasteiger partial charge in [-0.25, -0.2) is 4.98 Å². The predicted octanol–water partition coefficient (Wildman–Crippen LogP) is 2.33. The second kappa shape index (κ2) is 6.47. The summed E-state index contributed by atoms with van der Waals surface area (Å²) < 4.78 is 7.84. The molecule has 0 aromatic carbocycles. The summed E-state index contributed by atoms with van der Waals surface area (Å²) in [5, 5.41) is 10.7. The van der Waals surface area contributed by atoms with Crippen molar-refractivity contribution in [3.05, 3.63) is 58.4 Å². The standard InChI is InChI=1S/C16H17N5OS/c1-2-6-17-16(5-1)22-12-15-19-18-14-11-20(7-8-21(14)15)10-13-4-3-9-23-13/h1-6,9H,7-8,10-12H2. The Morgan fingerprint density at radius 3 is 2.96 bits per heavy atom. The van der Waals surface area contributed by atoms with Crippen molar-refractivity contribution in [2.75, 3.05) is 6.54 Å². The highest BCUT2D eigenvalue weighted by Gasteiger charge is 2.21. The molecule has 0 radical (unpaired) electrons. The molecule has 0 atom stereocenters. The van der Waals surface area contributed by atoms with E-state index in [1.54, 1.807) is 17.5 Å². The third-order valence-corrected chi connectivity index (χ3v) is 4.72. The summed E-state index contributed by atoms with van der Waals surface area (Å²) in [6.07, 6.45) is 1.72. The first-order valence-electron chi connectivity index (χ1n) is 7.58. The van der Waals surface area contributed by atoms with E-state index in [1.165, 1.54) is 4.88 Å². The van der Waals surface area contributed by atoms with E-state index < -0.39 is 0 Å². The topological polar surface area (TPSA) is 56.1 Å². The van der Waals surface area contributed by atoms with E-state index in [1.807, 2.05) is 18.2 Å². The van der Waals surface area contributed by atoms with Gasteiger partial charge in [0.15, 0.2) is 5.82 Å². The molecular formula is C16H17N5OS. The Bertz CT molecular complexity index is 756. The summed E-state index contributed by atoms with van der Waals surface area (Å²) in [4.78, 5) is 7.95. The van der Waals surface area contributed by atoms with Gasteiger partial charge in [-0.1, -0.05) is 12.1 Å². The van der Waals surface area contributed by atoms with Crippen molar-refractivity contribution in [3.8, 4) is 5.88 Å². The van der Waals surface area contributed by atoms with E-state index in [0.717, 1.165) is 37.8 Å². The van der Waals surface area contributed by atoms with Crippen LogP contribution < -0.4 is 4.74 Å². The number of nitrogens with zero attached hydrogens (tertiary/aromatic N) is 5. The smallest absolute Gasteiger partial charge is 0.213 e. The third-order valence-electron chi connectivity index (χ3n) is 3.86. The molecule has 23 heavy (non-hydrogen) atoms. The molecule has 7 heteroatoms. The van der Waals surface area contributed by atoms with Gasteiger partial charge in [0.25, 0.3) is 0 Å². The van der Waals surface area contributed by atoms with Crippen LogP contribution in [0.25, 0.3) is 0 Å². The third kappa shape index (κ3) is 3.25. The van der Waals surface area contributed by atoms with Crippen molar-refractivity contribution in [2.24, 2.45) is 0 Å². The van der Waals surface area contributed by atoms with E-state index in [-0.39, 0.29) is 0 Å². The van der Waals surface area contributed by atoms with Crippen LogP contribution in [0.2, 0.25) is 0 Å². The van der Waals surface area contributed by atoms with Crippen molar-refractivity contribution in [1.29, 1.82) is 0 Å². The van der Waals surface area contributed by atoms with E-state index >= 15 is 0 Å². The minimum atomic E-state index is 0.398. The van der Waals surface area contributed by atoms with Gasteiger partial charge in [-0.15, -0.1) is 21.5 Å². The number of rotatable bonds is 5. The second-order valence-corrected chi connectivity index (χ2v) is 6.46. The van der Waals surface area contributed by atoms with Gasteiger partial charge in [-0.2, -0.15) is 0 Å². The quantitative estimate of drug-likeness (QED) is 0.720. The van der Waals surface area contributed by atoms with E-state index in [4.69, 9.17) is 4.74 Å². The Labute approximate surface area is 138 Å². The Hall–Kier alpha value is -2.25. The number of thiophene rings is 1. The first-order valence-corrected chi connectivity index (χ1v) is 8.46. The first-order chi connectivity index (χ1) is 11.4. The van der Waals surface area contributed by atoms with Crippen LogP contribution in [-0.2, 0) is 26.2 Å². The Morgan fingerprint density at radius 1 is 1.13 bits per heavy atom. The lowest BCUT2D eigenvalue weighted by Crippen LogP contribution is -2.33. The summed E-state index contributed by atoms with van der Waals surface area (Å²) >= 11 is 1.80. The molecule has 0 N–H and O–H groups in total. The maximum Gasteiger partial charge on any atom is 0.213 e. The molecule has 1 aliphatic rings. The molecule has 0 saturated carbocycles. The monoisotopic (exact) mass is 327 g/mol. The number of pyridine rings is 1. The van der Waals surface area contributed by atoms with Crippen molar-refractivity contribution in [2.45, 2.75) is 26.2 Å². The molecular weight excluding hydrogens is 310 g/mol. The number of ether oxygens (including phenoxy) is 1. The van der Waals surface area contributed by atoms with Crippen LogP contribution in [0.4, 0.5) is 0 Å². The molecule has 4 rings (SSSR count). The summed E-state index contributed by atoms with van der Waals surface area (Å²) in [6, 6.07) is 9.89. The molecule has 0 unspecified atom stereocenters. The lowest BCUT2D eigenvalue weighted by molar-refractivity contribution is 0.202. The van der Waals surface area contributed by atoms with Gasteiger partial charge >= 0.3 is 0 Å². The van der Waals surface area contributed by atoms with Crippen LogP contribution in [0.3, 0.4) is 0 Å². The molecule has 3 aromatic rings. The zero-order valence-electron chi connectivity index (χ0n) is 12.6. The van der Waals surface area contributed by atoms with Crippen molar-refractivity contribution in [1.82, 2.24) is 24.6 Å². The molecule has 118 valence electrons. The van der Waals surface area contributed by atoms with E-state index in [9.17, 15) is 0 Å². The summed E-state index contributed by atoms with van der Waals surface area (Å²) in [7, 11) is 0. The van der Waals surface area contributed by atoms with Gasteiger partial charge in [0, 0.05) is 36.8 Å². The van der Waals surface area contributed by atoms with Crippen molar-refractivity contribution in [3.63, 3.8) is 0 Å². The highest BCUT2D eigenvalue weighted by molar-refractivity contribution is 7.09. The van der Waals surface area contributed by atoms with Crippen LogP contribution in [0.5, 0.6) is 5.88 Å². The van der Waals surface area contributed by atoms with Crippen molar-refractivity contribution < 1.29 is 4.74 Å². The minimum Gasteiger partial charge on any atom is -0.469 e. The van der Waals surface area contributed by atoms with E-state index in [2.05, 4.69) is 42.2 Å². The number of hydrogen-bond acceptors (Lipinski definition) is 6. The zero-order chi connectivity index (χ0) is 15.5. The van der Waals surface area contributed by atoms with Crippen LogP contribution in [0, 0.1) is 0 Å². The number of aromatic nitrogens is 4. The minimum absolute atomic E-state index is 0.398. The molecule has 6 nitrogen and oxygen atoms in total. The summed E-state index contributed by atoms with van der Waals surface area (Å²) in [5.41, 5.74) is 0. The molecule has 0 fully saturated rings. The van der Waals surface area contributed by atoms with Crippen molar-refractivity contribution >= 4 is 11.3 Å². The largest absolute Gasteiger partial charge is 0.469 e. The summed E-state index contributed by atoms with van der Waals surface area (Å²) in [5.74, 6) is 2.48. The van der Waals surface area contributed by atoms with Crippen LogP contribution in [0.15, 0.2) is 41.9 Å². The molecule has 0 bridgehead atoms. The Kier molecular flexibility index (Phi) is 4.04. The number of fused-ring (bicyclic) bond motifs is 1. The molecule has 0 saturated heterocycles. The first kappa shape index (κ1) is 14.3. The fraction of sp³-hybridized carbons (Fsp3) is 0.312. The summed E-state index contributed by atoms with van der Waals surface area (Å²) in [6.45, 7) is 4.10. The normalized spacial score (nSPS) is 14.6. The Balaban J connectivity index is 1.40. The Morgan fingerprint density at radius 2 is 2.13 bits per heavy atom. The lowest BCUT2D eigenvalue weighted by atomic mass is 10.3. The second-order valence-electron chi connectivity index (χ2n) is 5.43. The van der Waals surface area contributed by atoms with Gasteiger partial charge in [-0.05, 0) is 17.5 Å². The van der Waals surface area contributed by atoms with Crippen LogP contribution in [-0.4, -0.2) is 31.2 Å². The van der Waals surface area contributed by atoms with E-state index in [0.29, 0.717) is 12.5 Å². The number of hydrogen-bond donors (Lipinski definition) is 0. The zero-order valence-corrected chi connectivity index (χ0v) is 13.4. The fourth-order valence-electron chi connectivity index (χ4n) is 2.70. The van der Waals surface area contributed by atoms with Gasteiger partial charge < -0.3 is 9.30 Å². The SMILES string of the molecule is c1ccc(OCc2nnc3n2CCN(Cc2cccs2)C3)nc1. The fourth-order valence-corrected chi connectivity index (χ4v) is 3.45. The average Bonchev–Trinajstić information content (AvgIpc) is 3.23. The van der Waals surface area contributed by atoms with Gasteiger partial charge in [0.2, 0.25) is 5.88 Å². The molecule has 0 amide bonds.